The number of pyridine rings is 1. The first-order valence-corrected chi connectivity index (χ1v) is 10.5. The van der Waals surface area contributed by atoms with Gasteiger partial charge in [-0.3, -0.25) is 4.79 Å². The average molecular weight is 488 g/mol. The average Bonchev–Trinajstić information content (AvgIpc) is 3.44. The zero-order chi connectivity index (χ0) is 24.5. The molecule has 12 heteroatoms. The van der Waals surface area contributed by atoms with E-state index in [1.54, 1.807) is 36.1 Å². The van der Waals surface area contributed by atoms with E-state index in [-0.39, 0.29) is 17.9 Å². The van der Waals surface area contributed by atoms with Gasteiger partial charge in [-0.25, -0.2) is 23.1 Å². The van der Waals surface area contributed by atoms with Gasteiger partial charge in [0.05, 0.1) is 30.6 Å². The van der Waals surface area contributed by atoms with Gasteiger partial charge >= 0.3 is 0 Å². The monoisotopic (exact) mass is 487 g/mol. The molecule has 3 heterocycles. The minimum absolute atomic E-state index is 0.0407. The van der Waals surface area contributed by atoms with Gasteiger partial charge in [-0.15, -0.1) is 5.10 Å². The number of halogens is 3. The fraction of sp³-hybridized carbons (Fsp3) is 0.227. The van der Waals surface area contributed by atoms with Crippen LogP contribution >= 0.6 is 11.6 Å². The Labute approximate surface area is 198 Å². The van der Waals surface area contributed by atoms with Crippen LogP contribution in [0, 0.1) is 11.6 Å². The van der Waals surface area contributed by atoms with Crippen LogP contribution < -0.4 is 10.1 Å². The Kier molecular flexibility index (Phi) is 6.29. The number of carbonyl (C=O) groups is 1. The lowest BCUT2D eigenvalue weighted by Crippen LogP contribution is -2.40. The standard InChI is InChI=1S/C22H20ClF2N7O2/c1-22(18-5-4-6-19(23)28-18,14-10-27-31(2)21(14)34-3)12-26-20(33)16-11-32(30-29-16)17-8-7-13(24)9-15(17)25/h4-11H,12H2,1-3H3,(H,26,33). The molecule has 0 radical (unpaired) electrons. The molecule has 176 valence electrons. The van der Waals surface area contributed by atoms with Crippen molar-refractivity contribution < 1.29 is 18.3 Å². The third-order valence-corrected chi connectivity index (χ3v) is 5.65. The quantitative estimate of drug-likeness (QED) is 0.402. The Hall–Kier alpha value is -3.86. The molecule has 0 aliphatic carbocycles. The summed E-state index contributed by atoms with van der Waals surface area (Å²) >= 11 is 6.13. The SMILES string of the molecule is COc1c(C(C)(CNC(=O)c2cn(-c3ccc(F)cc3F)nn2)c2cccc(Cl)n2)cnn1C. The second kappa shape index (κ2) is 9.18. The van der Waals surface area contributed by atoms with Crippen LogP contribution in [-0.2, 0) is 12.5 Å². The van der Waals surface area contributed by atoms with E-state index in [1.807, 2.05) is 6.92 Å². The molecule has 1 atom stereocenters. The molecule has 1 N–H and O–H groups in total. The number of amides is 1. The van der Waals surface area contributed by atoms with Gasteiger partial charge in [-0.1, -0.05) is 22.9 Å². The number of hydrogen-bond acceptors (Lipinski definition) is 6. The van der Waals surface area contributed by atoms with E-state index in [1.165, 1.54) is 19.4 Å². The minimum Gasteiger partial charge on any atom is -0.481 e. The number of rotatable bonds is 7. The van der Waals surface area contributed by atoms with Crippen LogP contribution in [0.4, 0.5) is 8.78 Å². The fourth-order valence-electron chi connectivity index (χ4n) is 3.59. The van der Waals surface area contributed by atoms with E-state index >= 15 is 0 Å². The second-order valence-electron chi connectivity index (χ2n) is 7.70. The Morgan fingerprint density at radius 3 is 2.76 bits per heavy atom. The highest BCUT2D eigenvalue weighted by Crippen LogP contribution is 2.36. The molecular weight excluding hydrogens is 468 g/mol. The number of aromatic nitrogens is 6. The second-order valence-corrected chi connectivity index (χ2v) is 8.08. The number of hydrogen-bond donors (Lipinski definition) is 1. The van der Waals surface area contributed by atoms with Gasteiger partial charge in [0, 0.05) is 25.2 Å². The van der Waals surface area contributed by atoms with Gasteiger partial charge in [0.1, 0.15) is 16.7 Å². The largest absolute Gasteiger partial charge is 0.481 e. The van der Waals surface area contributed by atoms with Crippen LogP contribution in [0.3, 0.4) is 0 Å². The number of ether oxygens (including phenoxy) is 1. The molecule has 1 amide bonds. The van der Waals surface area contributed by atoms with Crippen molar-refractivity contribution in [3.05, 3.63) is 82.5 Å². The molecule has 4 aromatic rings. The Morgan fingerprint density at radius 2 is 2.06 bits per heavy atom. The topological polar surface area (TPSA) is 99.8 Å². The van der Waals surface area contributed by atoms with Crippen molar-refractivity contribution in [2.75, 3.05) is 13.7 Å². The zero-order valence-corrected chi connectivity index (χ0v) is 19.2. The molecule has 34 heavy (non-hydrogen) atoms. The summed E-state index contributed by atoms with van der Waals surface area (Å²) in [5, 5.41) is 15.0. The highest BCUT2D eigenvalue weighted by molar-refractivity contribution is 6.29. The number of aryl methyl sites for hydroxylation is 1. The lowest BCUT2D eigenvalue weighted by Gasteiger charge is -2.29. The predicted octanol–water partition coefficient (Wildman–Crippen LogP) is 3.07. The number of benzene rings is 1. The van der Waals surface area contributed by atoms with Crippen LogP contribution in [0.1, 0.15) is 28.7 Å². The van der Waals surface area contributed by atoms with Crippen molar-refractivity contribution in [2.45, 2.75) is 12.3 Å². The molecule has 9 nitrogen and oxygen atoms in total. The van der Waals surface area contributed by atoms with E-state index in [0.717, 1.165) is 16.8 Å². The van der Waals surface area contributed by atoms with Gasteiger partial charge in [0.2, 0.25) is 5.88 Å². The summed E-state index contributed by atoms with van der Waals surface area (Å²) in [6.45, 7) is 1.95. The van der Waals surface area contributed by atoms with E-state index in [9.17, 15) is 13.6 Å². The Balaban J connectivity index is 1.62. The minimum atomic E-state index is -0.876. The van der Waals surface area contributed by atoms with Crippen LogP contribution in [-0.4, -0.2) is 49.3 Å². The summed E-state index contributed by atoms with van der Waals surface area (Å²) in [6.07, 6.45) is 2.90. The van der Waals surface area contributed by atoms with Crippen LogP contribution in [0.15, 0.2) is 48.8 Å². The van der Waals surface area contributed by atoms with Crippen molar-refractivity contribution in [3.8, 4) is 11.6 Å². The van der Waals surface area contributed by atoms with Crippen molar-refractivity contribution in [1.29, 1.82) is 0 Å². The predicted molar refractivity (Wildman–Crippen MR) is 119 cm³/mol. The van der Waals surface area contributed by atoms with E-state index in [2.05, 4.69) is 25.7 Å². The normalized spacial score (nSPS) is 12.9. The zero-order valence-electron chi connectivity index (χ0n) is 18.5. The first kappa shape index (κ1) is 23.3. The molecule has 0 bridgehead atoms. The third-order valence-electron chi connectivity index (χ3n) is 5.44. The smallest absolute Gasteiger partial charge is 0.273 e. The van der Waals surface area contributed by atoms with Crippen molar-refractivity contribution in [2.24, 2.45) is 7.05 Å². The number of carbonyl (C=O) groups excluding carboxylic acids is 1. The van der Waals surface area contributed by atoms with E-state index in [0.29, 0.717) is 22.3 Å². The van der Waals surface area contributed by atoms with Crippen LogP contribution in [0.25, 0.3) is 5.69 Å². The molecule has 1 unspecified atom stereocenters. The van der Waals surface area contributed by atoms with E-state index < -0.39 is 23.0 Å². The maximum absolute atomic E-state index is 14.1. The molecule has 0 aliphatic rings. The maximum Gasteiger partial charge on any atom is 0.273 e. The molecule has 3 aromatic heterocycles. The molecular formula is C22H20ClF2N7O2. The molecule has 0 saturated carbocycles. The van der Waals surface area contributed by atoms with Crippen molar-refractivity contribution in [1.82, 2.24) is 35.1 Å². The lowest BCUT2D eigenvalue weighted by molar-refractivity contribution is 0.0941. The summed E-state index contributed by atoms with van der Waals surface area (Å²) in [5.41, 5.74) is 0.303. The summed E-state index contributed by atoms with van der Waals surface area (Å²) in [4.78, 5) is 17.3. The summed E-state index contributed by atoms with van der Waals surface area (Å²) in [6, 6.07) is 8.22. The first-order chi connectivity index (χ1) is 16.2. The summed E-state index contributed by atoms with van der Waals surface area (Å²) in [5.74, 6) is -1.61. The molecule has 0 saturated heterocycles. The van der Waals surface area contributed by atoms with Gasteiger partial charge in [0.25, 0.3) is 5.91 Å². The molecule has 0 fully saturated rings. The molecule has 4 rings (SSSR count). The van der Waals surface area contributed by atoms with Crippen molar-refractivity contribution >= 4 is 17.5 Å². The fourth-order valence-corrected chi connectivity index (χ4v) is 3.75. The highest BCUT2D eigenvalue weighted by Gasteiger charge is 2.36. The summed E-state index contributed by atoms with van der Waals surface area (Å²) in [7, 11) is 3.26. The van der Waals surface area contributed by atoms with Crippen molar-refractivity contribution in [3.63, 3.8) is 0 Å². The molecule has 1 aromatic carbocycles. The van der Waals surface area contributed by atoms with Crippen LogP contribution in [0.5, 0.6) is 5.88 Å². The molecule has 0 spiro atoms. The highest BCUT2D eigenvalue weighted by atomic mass is 35.5. The lowest BCUT2D eigenvalue weighted by atomic mass is 9.80. The third kappa shape index (κ3) is 4.34. The first-order valence-electron chi connectivity index (χ1n) is 10.1. The molecule has 0 aliphatic heterocycles. The summed E-state index contributed by atoms with van der Waals surface area (Å²) < 4.78 is 35.4. The van der Waals surface area contributed by atoms with Gasteiger partial charge in [-0.2, -0.15) is 5.10 Å². The van der Waals surface area contributed by atoms with Crippen LogP contribution in [0.2, 0.25) is 5.15 Å². The van der Waals surface area contributed by atoms with Gasteiger partial charge in [0.15, 0.2) is 11.5 Å². The number of methoxy groups -OCH3 is 1. The Morgan fingerprint density at radius 1 is 1.26 bits per heavy atom. The maximum atomic E-state index is 14.1. The number of nitrogens with zero attached hydrogens (tertiary/aromatic N) is 6. The van der Waals surface area contributed by atoms with E-state index in [4.69, 9.17) is 16.3 Å². The number of nitrogens with one attached hydrogen (secondary N) is 1. The van der Waals surface area contributed by atoms with Gasteiger partial charge < -0.3 is 10.1 Å². The van der Waals surface area contributed by atoms with Gasteiger partial charge in [-0.05, 0) is 31.2 Å². The Bertz CT molecular complexity index is 1360.